The number of nitrogens with zero attached hydrogens (tertiary/aromatic N) is 2. The number of nitrogens with one attached hydrogen (secondary N) is 2. The van der Waals surface area contributed by atoms with Crippen LogP contribution in [0.5, 0.6) is 5.75 Å². The fraction of sp³-hybridized carbons (Fsp3) is 0.414. The van der Waals surface area contributed by atoms with Crippen LogP contribution in [0.15, 0.2) is 47.8 Å². The van der Waals surface area contributed by atoms with E-state index in [0.717, 1.165) is 35.6 Å². The third-order valence-corrected chi connectivity index (χ3v) is 8.00. The summed E-state index contributed by atoms with van der Waals surface area (Å²) < 4.78 is 11.5. The Morgan fingerprint density at radius 3 is 2.74 bits per heavy atom. The van der Waals surface area contributed by atoms with E-state index in [4.69, 9.17) is 9.47 Å². The molecule has 1 fully saturated rings. The Labute approximate surface area is 232 Å². The lowest BCUT2D eigenvalue weighted by molar-refractivity contribution is -0.115. The van der Waals surface area contributed by atoms with Gasteiger partial charge in [-0.2, -0.15) is 0 Å². The van der Waals surface area contributed by atoms with Gasteiger partial charge in [0.15, 0.2) is 5.13 Å². The molecular formula is C29H34N4O5S. The smallest absolute Gasteiger partial charge is 0.251 e. The average Bonchev–Trinajstić information content (AvgIpc) is 3.40. The average molecular weight is 551 g/mol. The molecule has 2 aromatic carbocycles. The number of morpholine rings is 1. The van der Waals surface area contributed by atoms with Crippen LogP contribution >= 0.6 is 11.3 Å². The van der Waals surface area contributed by atoms with Gasteiger partial charge in [-0.25, -0.2) is 4.98 Å². The molecule has 2 aliphatic rings. The van der Waals surface area contributed by atoms with Gasteiger partial charge in [-0.3, -0.25) is 9.59 Å². The van der Waals surface area contributed by atoms with Crippen molar-refractivity contribution in [3.8, 4) is 17.0 Å². The van der Waals surface area contributed by atoms with Crippen molar-refractivity contribution in [1.29, 1.82) is 0 Å². The molecular weight excluding hydrogens is 516 g/mol. The molecule has 3 N–H and O–H groups in total. The van der Waals surface area contributed by atoms with Crippen LogP contribution in [0, 0.1) is 0 Å². The Morgan fingerprint density at radius 2 is 1.97 bits per heavy atom. The minimum atomic E-state index is -0.470. The van der Waals surface area contributed by atoms with Gasteiger partial charge in [0.05, 0.1) is 37.7 Å². The maximum Gasteiger partial charge on any atom is 0.251 e. The first-order chi connectivity index (χ1) is 18.7. The van der Waals surface area contributed by atoms with Crippen LogP contribution in [-0.4, -0.2) is 67.0 Å². The first kappa shape index (κ1) is 27.1. The summed E-state index contributed by atoms with van der Waals surface area (Å²) in [5.41, 5.74) is 3.60. The minimum Gasteiger partial charge on any atom is -0.493 e. The number of fused-ring (bicyclic) bond motifs is 1. The number of ether oxygens (including phenoxy) is 2. The van der Waals surface area contributed by atoms with Crippen molar-refractivity contribution in [3.05, 3.63) is 59.0 Å². The number of aliphatic hydroxyl groups is 1. The molecule has 0 bridgehead atoms. The van der Waals surface area contributed by atoms with Crippen LogP contribution in [-0.2, 0) is 14.9 Å². The number of hydrogen-bond donors (Lipinski definition) is 3. The molecule has 1 saturated heterocycles. The number of aliphatic hydroxyl groups excluding tert-OH is 1. The molecule has 5 rings (SSSR count). The predicted octanol–water partition coefficient (Wildman–Crippen LogP) is 3.82. The van der Waals surface area contributed by atoms with E-state index in [2.05, 4.69) is 46.5 Å². The van der Waals surface area contributed by atoms with Gasteiger partial charge < -0.3 is 30.1 Å². The zero-order valence-electron chi connectivity index (χ0n) is 22.4. The summed E-state index contributed by atoms with van der Waals surface area (Å²) in [5, 5.41) is 17.7. The van der Waals surface area contributed by atoms with Gasteiger partial charge in [-0.1, -0.05) is 19.1 Å². The van der Waals surface area contributed by atoms with Gasteiger partial charge in [-0.05, 0) is 50.6 Å². The maximum atomic E-state index is 12.8. The fourth-order valence-electron chi connectivity index (χ4n) is 5.09. The Morgan fingerprint density at radius 1 is 1.18 bits per heavy atom. The molecule has 2 aliphatic heterocycles. The van der Waals surface area contributed by atoms with Crippen molar-refractivity contribution < 1.29 is 24.2 Å². The Kier molecular flexibility index (Phi) is 7.88. The first-order valence-corrected chi connectivity index (χ1v) is 14.0. The standard InChI is InChI=1S/C29H34N4O5S/c1-18-14-33(15-19(2)38-18)22-6-4-5-20(11-22)24-16-39-28(31-24)32-26(35)13-30-27(36)21-7-8-25-23(12-21)29(3,17-34)9-10-37-25/h4-8,11-12,16,18-19,34H,9-10,13-15,17H2,1-3H3,(H,30,36)(H,31,32,35)/t18-,19+,29-/m1/s1. The third-order valence-electron chi connectivity index (χ3n) is 7.24. The molecule has 0 aliphatic carbocycles. The highest BCUT2D eigenvalue weighted by Crippen LogP contribution is 2.39. The van der Waals surface area contributed by atoms with Crippen LogP contribution in [0.1, 0.15) is 43.1 Å². The number of rotatable bonds is 7. The van der Waals surface area contributed by atoms with Crippen LogP contribution in [0.2, 0.25) is 0 Å². The van der Waals surface area contributed by atoms with Crippen LogP contribution in [0.4, 0.5) is 10.8 Å². The zero-order valence-corrected chi connectivity index (χ0v) is 23.2. The third kappa shape index (κ3) is 6.08. The summed E-state index contributed by atoms with van der Waals surface area (Å²) in [4.78, 5) is 32.2. The molecule has 0 spiro atoms. The quantitative estimate of drug-likeness (QED) is 0.410. The van der Waals surface area contributed by atoms with Crippen molar-refractivity contribution in [3.63, 3.8) is 0 Å². The Bertz CT molecular complexity index is 1350. The topological polar surface area (TPSA) is 113 Å². The van der Waals surface area contributed by atoms with E-state index < -0.39 is 5.41 Å². The number of carbonyl (C=O) groups excluding carboxylic acids is 2. The highest BCUT2D eigenvalue weighted by molar-refractivity contribution is 7.14. The lowest BCUT2D eigenvalue weighted by Crippen LogP contribution is -2.45. The number of thiazole rings is 1. The van der Waals surface area contributed by atoms with Crippen molar-refractivity contribution in [2.75, 3.05) is 43.1 Å². The monoisotopic (exact) mass is 550 g/mol. The SMILES string of the molecule is C[C@@H]1CN(c2cccc(-c3csc(NC(=O)CNC(=O)c4ccc5c(c4)[C@@](C)(CO)CCO5)n3)c2)C[C@H](C)O1. The molecule has 206 valence electrons. The van der Waals surface area contributed by atoms with Crippen molar-refractivity contribution in [2.45, 2.75) is 44.8 Å². The Balaban J connectivity index is 1.19. The van der Waals surface area contributed by atoms with Crippen molar-refractivity contribution in [2.24, 2.45) is 0 Å². The minimum absolute atomic E-state index is 0.0391. The molecule has 0 unspecified atom stereocenters. The van der Waals surface area contributed by atoms with Crippen molar-refractivity contribution >= 4 is 34.0 Å². The summed E-state index contributed by atoms with van der Waals surface area (Å²) in [6.07, 6.45) is 0.998. The molecule has 0 saturated carbocycles. The molecule has 9 nitrogen and oxygen atoms in total. The predicted molar refractivity (Wildman–Crippen MR) is 152 cm³/mol. The van der Waals surface area contributed by atoms with Gasteiger partial charge in [0.1, 0.15) is 5.75 Å². The van der Waals surface area contributed by atoms with Gasteiger partial charge in [-0.15, -0.1) is 11.3 Å². The summed E-state index contributed by atoms with van der Waals surface area (Å²) in [7, 11) is 0. The normalized spacial score (nSPS) is 22.5. The summed E-state index contributed by atoms with van der Waals surface area (Å²) in [5.74, 6) is -0.0655. The van der Waals surface area contributed by atoms with Crippen LogP contribution in [0.25, 0.3) is 11.3 Å². The summed E-state index contributed by atoms with van der Waals surface area (Å²) >= 11 is 1.34. The second-order valence-electron chi connectivity index (χ2n) is 10.5. The highest BCUT2D eigenvalue weighted by Gasteiger charge is 2.33. The van der Waals surface area contributed by atoms with Crippen molar-refractivity contribution in [1.82, 2.24) is 10.3 Å². The summed E-state index contributed by atoms with van der Waals surface area (Å²) in [6.45, 7) is 8.06. The highest BCUT2D eigenvalue weighted by atomic mass is 32.1. The number of hydrogen-bond acceptors (Lipinski definition) is 8. The molecule has 3 aromatic rings. The molecule has 0 radical (unpaired) electrons. The number of carbonyl (C=O) groups is 2. The zero-order chi connectivity index (χ0) is 27.6. The molecule has 1 aromatic heterocycles. The van der Waals surface area contributed by atoms with E-state index >= 15 is 0 Å². The van der Waals surface area contributed by atoms with E-state index in [1.807, 2.05) is 24.4 Å². The van der Waals surface area contributed by atoms with Crippen LogP contribution in [0.3, 0.4) is 0 Å². The number of benzene rings is 2. The second-order valence-corrected chi connectivity index (χ2v) is 11.4. The lowest BCUT2D eigenvalue weighted by Gasteiger charge is -2.37. The van der Waals surface area contributed by atoms with Gasteiger partial charge >= 0.3 is 0 Å². The molecule has 2 amide bonds. The Hall–Kier alpha value is -3.47. The van der Waals surface area contributed by atoms with E-state index in [0.29, 0.717) is 29.5 Å². The lowest BCUT2D eigenvalue weighted by atomic mass is 9.78. The van der Waals surface area contributed by atoms with E-state index in [1.54, 1.807) is 18.2 Å². The number of amides is 2. The summed E-state index contributed by atoms with van der Waals surface area (Å²) in [6, 6.07) is 13.3. The molecule has 3 atom stereocenters. The molecule has 39 heavy (non-hydrogen) atoms. The van der Waals surface area contributed by atoms with E-state index in [-0.39, 0.29) is 37.2 Å². The number of anilines is 2. The van der Waals surface area contributed by atoms with Crippen LogP contribution < -0.4 is 20.3 Å². The molecule has 3 heterocycles. The molecule has 10 heteroatoms. The maximum absolute atomic E-state index is 12.8. The largest absolute Gasteiger partial charge is 0.493 e. The van der Waals surface area contributed by atoms with E-state index in [1.165, 1.54) is 11.3 Å². The van der Waals surface area contributed by atoms with Gasteiger partial charge in [0.2, 0.25) is 5.91 Å². The first-order valence-electron chi connectivity index (χ1n) is 13.2. The fourth-order valence-corrected chi connectivity index (χ4v) is 5.83. The number of aromatic nitrogens is 1. The van der Waals surface area contributed by atoms with Gasteiger partial charge in [0.25, 0.3) is 5.91 Å². The van der Waals surface area contributed by atoms with Gasteiger partial charge in [0, 0.05) is 46.3 Å². The van der Waals surface area contributed by atoms with E-state index in [9.17, 15) is 14.7 Å². The second kappa shape index (κ2) is 11.3.